The van der Waals surface area contributed by atoms with Crippen LogP contribution < -0.4 is 10.1 Å². The molecule has 2 aromatic rings. The summed E-state index contributed by atoms with van der Waals surface area (Å²) in [5.41, 5.74) is 2.63. The number of esters is 1. The Morgan fingerprint density at radius 3 is 2.42 bits per heavy atom. The molecule has 1 N–H and O–H groups in total. The van der Waals surface area contributed by atoms with Crippen molar-refractivity contribution in [2.45, 2.75) is 26.7 Å². The molecule has 0 aliphatic heterocycles. The number of hydrogen-bond acceptors (Lipinski definition) is 4. The van der Waals surface area contributed by atoms with Crippen molar-refractivity contribution < 1.29 is 19.1 Å². The lowest BCUT2D eigenvalue weighted by Crippen LogP contribution is -2.24. The molecule has 0 aliphatic carbocycles. The number of rotatable bonds is 7. The molecule has 0 atom stereocenters. The van der Waals surface area contributed by atoms with E-state index in [4.69, 9.17) is 21.1 Å². The molecule has 0 fully saturated rings. The summed E-state index contributed by atoms with van der Waals surface area (Å²) >= 11 is 5.90. The van der Waals surface area contributed by atoms with Gasteiger partial charge in [-0.1, -0.05) is 43.6 Å². The second-order valence-corrected chi connectivity index (χ2v) is 6.62. The lowest BCUT2D eigenvalue weighted by Gasteiger charge is -2.10. The Labute approximate surface area is 158 Å². The molecule has 0 radical (unpaired) electrons. The Morgan fingerprint density at radius 1 is 1.08 bits per heavy atom. The van der Waals surface area contributed by atoms with E-state index >= 15 is 0 Å². The van der Waals surface area contributed by atoms with Gasteiger partial charge in [0.15, 0.2) is 13.2 Å². The zero-order valence-electron chi connectivity index (χ0n) is 15.0. The molecular formula is C20H22ClNO4. The first-order chi connectivity index (χ1) is 12.3. The van der Waals surface area contributed by atoms with E-state index in [1.54, 1.807) is 30.3 Å². The number of ether oxygens (including phenoxy) is 2. The molecule has 2 aromatic carbocycles. The van der Waals surface area contributed by atoms with E-state index in [1.807, 2.05) is 19.1 Å². The summed E-state index contributed by atoms with van der Waals surface area (Å²) in [7, 11) is 0. The van der Waals surface area contributed by atoms with Crippen LogP contribution in [0, 0.1) is 6.92 Å². The van der Waals surface area contributed by atoms with Gasteiger partial charge >= 0.3 is 5.97 Å². The molecule has 0 aliphatic rings. The standard InChI is InChI=1S/C20H22ClNO4/c1-13(2)15-5-8-17(9-6-15)25-12-20(24)26-11-19(23)22-18-10-16(21)7-4-14(18)3/h4-10,13H,11-12H2,1-3H3,(H,22,23). The second kappa shape index (κ2) is 9.25. The SMILES string of the molecule is Cc1ccc(Cl)cc1NC(=O)COC(=O)COc1ccc(C(C)C)cc1. The molecule has 0 spiro atoms. The van der Waals surface area contributed by atoms with Crippen LogP contribution in [0.15, 0.2) is 42.5 Å². The summed E-state index contributed by atoms with van der Waals surface area (Å²) in [6.45, 7) is 5.40. The summed E-state index contributed by atoms with van der Waals surface area (Å²) in [6.07, 6.45) is 0. The molecule has 138 valence electrons. The van der Waals surface area contributed by atoms with Crippen LogP contribution in [0.3, 0.4) is 0 Å². The molecule has 0 saturated carbocycles. The highest BCUT2D eigenvalue weighted by atomic mass is 35.5. The fourth-order valence-electron chi connectivity index (χ4n) is 2.19. The van der Waals surface area contributed by atoms with Crippen molar-refractivity contribution in [3.8, 4) is 5.75 Å². The van der Waals surface area contributed by atoms with Crippen LogP contribution in [-0.2, 0) is 14.3 Å². The molecule has 0 bridgehead atoms. The topological polar surface area (TPSA) is 64.6 Å². The average molecular weight is 376 g/mol. The lowest BCUT2D eigenvalue weighted by atomic mass is 10.0. The largest absolute Gasteiger partial charge is 0.482 e. The van der Waals surface area contributed by atoms with Crippen molar-refractivity contribution in [3.63, 3.8) is 0 Å². The third-order valence-corrected chi connectivity index (χ3v) is 3.98. The highest BCUT2D eigenvalue weighted by Gasteiger charge is 2.10. The average Bonchev–Trinajstić information content (AvgIpc) is 2.61. The fraction of sp³-hybridized carbons (Fsp3) is 0.300. The van der Waals surface area contributed by atoms with Crippen molar-refractivity contribution in [2.75, 3.05) is 18.5 Å². The monoisotopic (exact) mass is 375 g/mol. The van der Waals surface area contributed by atoms with E-state index < -0.39 is 11.9 Å². The van der Waals surface area contributed by atoms with Gasteiger partial charge in [0.25, 0.3) is 5.91 Å². The maximum atomic E-state index is 11.9. The van der Waals surface area contributed by atoms with Crippen molar-refractivity contribution in [2.24, 2.45) is 0 Å². The van der Waals surface area contributed by atoms with E-state index in [9.17, 15) is 9.59 Å². The molecule has 26 heavy (non-hydrogen) atoms. The van der Waals surface area contributed by atoms with Crippen LogP contribution in [0.5, 0.6) is 5.75 Å². The number of hydrogen-bond donors (Lipinski definition) is 1. The number of anilines is 1. The highest BCUT2D eigenvalue weighted by molar-refractivity contribution is 6.31. The fourth-order valence-corrected chi connectivity index (χ4v) is 2.37. The Kier molecular flexibility index (Phi) is 7.04. The molecule has 0 saturated heterocycles. The van der Waals surface area contributed by atoms with Crippen molar-refractivity contribution >= 4 is 29.2 Å². The lowest BCUT2D eigenvalue weighted by molar-refractivity contribution is -0.149. The Balaban J connectivity index is 1.75. The van der Waals surface area contributed by atoms with Crippen molar-refractivity contribution in [1.29, 1.82) is 0 Å². The number of carbonyl (C=O) groups excluding carboxylic acids is 2. The molecular weight excluding hydrogens is 354 g/mol. The summed E-state index contributed by atoms with van der Waals surface area (Å²) in [4.78, 5) is 23.6. The van der Waals surface area contributed by atoms with Crippen LogP contribution in [0.1, 0.15) is 30.9 Å². The summed E-state index contributed by atoms with van der Waals surface area (Å²) in [5, 5.41) is 3.17. The molecule has 5 nitrogen and oxygen atoms in total. The normalized spacial score (nSPS) is 10.5. The predicted octanol–water partition coefficient (Wildman–Crippen LogP) is 4.33. The van der Waals surface area contributed by atoms with Crippen LogP contribution in [0.25, 0.3) is 0 Å². The van der Waals surface area contributed by atoms with E-state index in [0.717, 1.165) is 5.56 Å². The molecule has 0 unspecified atom stereocenters. The number of nitrogens with one attached hydrogen (secondary N) is 1. The summed E-state index contributed by atoms with van der Waals surface area (Å²) in [5.74, 6) is -0.0538. The summed E-state index contributed by atoms with van der Waals surface area (Å²) < 4.78 is 10.3. The second-order valence-electron chi connectivity index (χ2n) is 6.18. The van der Waals surface area contributed by atoms with Gasteiger partial charge in [-0.3, -0.25) is 4.79 Å². The number of benzene rings is 2. The van der Waals surface area contributed by atoms with E-state index in [1.165, 1.54) is 5.56 Å². The van der Waals surface area contributed by atoms with Gasteiger partial charge in [0.1, 0.15) is 5.75 Å². The van der Waals surface area contributed by atoms with Gasteiger partial charge in [-0.2, -0.15) is 0 Å². The van der Waals surface area contributed by atoms with Crippen molar-refractivity contribution in [1.82, 2.24) is 0 Å². The first-order valence-electron chi connectivity index (χ1n) is 8.29. The number of aryl methyl sites for hydroxylation is 1. The van der Waals surface area contributed by atoms with Gasteiger partial charge in [-0.25, -0.2) is 4.79 Å². The highest BCUT2D eigenvalue weighted by Crippen LogP contribution is 2.20. The van der Waals surface area contributed by atoms with Gasteiger partial charge in [0.2, 0.25) is 0 Å². The third-order valence-electron chi connectivity index (χ3n) is 3.74. The zero-order chi connectivity index (χ0) is 19.1. The first kappa shape index (κ1) is 19.8. The molecule has 2 rings (SSSR count). The Morgan fingerprint density at radius 2 is 1.77 bits per heavy atom. The van der Waals surface area contributed by atoms with E-state index in [2.05, 4.69) is 19.2 Å². The van der Waals surface area contributed by atoms with Crippen LogP contribution in [0.4, 0.5) is 5.69 Å². The van der Waals surface area contributed by atoms with Gasteiger partial charge in [0, 0.05) is 10.7 Å². The van der Waals surface area contributed by atoms with Gasteiger partial charge in [-0.05, 0) is 48.2 Å². The van der Waals surface area contributed by atoms with Crippen molar-refractivity contribution in [3.05, 3.63) is 58.6 Å². The predicted molar refractivity (Wildman–Crippen MR) is 102 cm³/mol. The number of carbonyl (C=O) groups is 2. The van der Waals surface area contributed by atoms with E-state index in [-0.39, 0.29) is 13.2 Å². The third kappa shape index (κ3) is 6.08. The van der Waals surface area contributed by atoms with Crippen LogP contribution >= 0.6 is 11.6 Å². The van der Waals surface area contributed by atoms with Gasteiger partial charge in [-0.15, -0.1) is 0 Å². The van der Waals surface area contributed by atoms with Gasteiger partial charge < -0.3 is 14.8 Å². The number of halogens is 1. The van der Waals surface area contributed by atoms with Crippen LogP contribution in [0.2, 0.25) is 5.02 Å². The van der Waals surface area contributed by atoms with E-state index in [0.29, 0.717) is 22.4 Å². The Hall–Kier alpha value is -2.53. The minimum absolute atomic E-state index is 0.259. The minimum Gasteiger partial charge on any atom is -0.482 e. The minimum atomic E-state index is -0.615. The maximum absolute atomic E-state index is 11.9. The first-order valence-corrected chi connectivity index (χ1v) is 8.67. The smallest absolute Gasteiger partial charge is 0.344 e. The quantitative estimate of drug-likeness (QED) is 0.731. The number of amides is 1. The van der Waals surface area contributed by atoms with Crippen LogP contribution in [-0.4, -0.2) is 25.1 Å². The molecule has 1 amide bonds. The molecule has 6 heteroatoms. The zero-order valence-corrected chi connectivity index (χ0v) is 15.8. The maximum Gasteiger partial charge on any atom is 0.344 e. The summed E-state index contributed by atoms with van der Waals surface area (Å²) in [6, 6.07) is 12.7. The van der Waals surface area contributed by atoms with Gasteiger partial charge in [0.05, 0.1) is 0 Å². The Bertz CT molecular complexity index is 772. The molecule has 0 heterocycles. The molecule has 0 aromatic heterocycles.